The SMILES string of the molecule is CCC1(CNc2c(N)c(C)nn2C(C)C)CCCC1. The van der Waals surface area contributed by atoms with E-state index in [9.17, 15) is 0 Å². The molecule has 1 aromatic rings. The first-order valence-corrected chi connectivity index (χ1v) is 7.57. The van der Waals surface area contributed by atoms with Crippen molar-refractivity contribution in [3.05, 3.63) is 5.69 Å². The Morgan fingerprint density at radius 2 is 2.00 bits per heavy atom. The smallest absolute Gasteiger partial charge is 0.148 e. The summed E-state index contributed by atoms with van der Waals surface area (Å²) in [7, 11) is 0. The molecule has 0 unspecified atom stereocenters. The molecule has 0 atom stereocenters. The number of hydrogen-bond acceptors (Lipinski definition) is 3. The Balaban J connectivity index is 2.14. The fourth-order valence-corrected chi connectivity index (χ4v) is 3.16. The molecule has 0 amide bonds. The lowest BCUT2D eigenvalue weighted by Crippen LogP contribution is -2.27. The first kappa shape index (κ1) is 14.2. The number of nitrogen functional groups attached to an aromatic ring is 1. The predicted octanol–water partition coefficient (Wildman–Crippen LogP) is 3.74. The van der Waals surface area contributed by atoms with Gasteiger partial charge in [-0.25, -0.2) is 4.68 Å². The minimum atomic E-state index is 0.333. The molecule has 0 spiro atoms. The average molecular weight is 264 g/mol. The van der Waals surface area contributed by atoms with Crippen molar-refractivity contribution >= 4 is 11.5 Å². The van der Waals surface area contributed by atoms with Gasteiger partial charge in [0.2, 0.25) is 0 Å². The van der Waals surface area contributed by atoms with Crippen LogP contribution >= 0.6 is 0 Å². The first-order valence-electron chi connectivity index (χ1n) is 7.57. The summed E-state index contributed by atoms with van der Waals surface area (Å²) in [6, 6.07) is 0.333. The third-order valence-electron chi connectivity index (χ3n) is 4.67. The summed E-state index contributed by atoms with van der Waals surface area (Å²) < 4.78 is 2.02. The third-order valence-corrected chi connectivity index (χ3v) is 4.67. The molecule has 0 saturated heterocycles. The van der Waals surface area contributed by atoms with Crippen LogP contribution in [0.4, 0.5) is 11.5 Å². The molecule has 3 N–H and O–H groups in total. The van der Waals surface area contributed by atoms with Crippen LogP contribution in [0.3, 0.4) is 0 Å². The number of nitrogens with two attached hydrogens (primary N) is 1. The molecule has 0 bridgehead atoms. The highest BCUT2D eigenvalue weighted by molar-refractivity contribution is 5.65. The van der Waals surface area contributed by atoms with Gasteiger partial charge in [0.15, 0.2) is 0 Å². The molecule has 1 aromatic heterocycles. The molecule has 0 aromatic carbocycles. The van der Waals surface area contributed by atoms with Gasteiger partial charge in [0, 0.05) is 12.6 Å². The maximum absolute atomic E-state index is 6.16. The highest BCUT2D eigenvalue weighted by Crippen LogP contribution is 2.41. The number of nitrogens with one attached hydrogen (secondary N) is 1. The van der Waals surface area contributed by atoms with Crippen molar-refractivity contribution in [1.82, 2.24) is 9.78 Å². The van der Waals surface area contributed by atoms with Gasteiger partial charge in [0.1, 0.15) is 5.82 Å². The summed E-state index contributed by atoms with van der Waals surface area (Å²) in [5.41, 5.74) is 8.36. The summed E-state index contributed by atoms with van der Waals surface area (Å²) >= 11 is 0. The third kappa shape index (κ3) is 2.72. The molecule has 0 aliphatic heterocycles. The van der Waals surface area contributed by atoms with Crippen molar-refractivity contribution in [1.29, 1.82) is 0 Å². The van der Waals surface area contributed by atoms with E-state index in [0.29, 0.717) is 11.5 Å². The minimum Gasteiger partial charge on any atom is -0.394 e. The van der Waals surface area contributed by atoms with E-state index in [1.54, 1.807) is 0 Å². The number of rotatable bonds is 5. The van der Waals surface area contributed by atoms with E-state index < -0.39 is 0 Å². The van der Waals surface area contributed by atoms with Gasteiger partial charge in [-0.05, 0) is 45.4 Å². The Kier molecular flexibility index (Phi) is 4.07. The first-order chi connectivity index (χ1) is 8.99. The van der Waals surface area contributed by atoms with Gasteiger partial charge in [0.25, 0.3) is 0 Å². The van der Waals surface area contributed by atoms with Crippen LogP contribution in [0.2, 0.25) is 0 Å². The quantitative estimate of drug-likeness (QED) is 0.852. The van der Waals surface area contributed by atoms with Crippen molar-refractivity contribution in [2.24, 2.45) is 5.41 Å². The standard InChI is InChI=1S/C15H28N4/c1-5-15(8-6-7-9-15)10-17-14-13(16)12(4)18-19(14)11(2)3/h11,17H,5-10,16H2,1-4H3. The van der Waals surface area contributed by atoms with Gasteiger partial charge in [0.05, 0.1) is 11.4 Å². The molecule has 4 heteroatoms. The molecule has 1 fully saturated rings. The van der Waals surface area contributed by atoms with Gasteiger partial charge in [-0.3, -0.25) is 0 Å². The van der Waals surface area contributed by atoms with Crippen molar-refractivity contribution in [2.75, 3.05) is 17.6 Å². The van der Waals surface area contributed by atoms with E-state index in [0.717, 1.165) is 23.7 Å². The highest BCUT2D eigenvalue weighted by Gasteiger charge is 2.32. The molecule has 4 nitrogen and oxygen atoms in total. The van der Waals surface area contributed by atoms with Crippen molar-refractivity contribution in [3.63, 3.8) is 0 Å². The lowest BCUT2D eigenvalue weighted by molar-refractivity contribution is 0.305. The van der Waals surface area contributed by atoms with Crippen LogP contribution in [-0.4, -0.2) is 16.3 Å². The molecule has 108 valence electrons. The largest absolute Gasteiger partial charge is 0.394 e. The van der Waals surface area contributed by atoms with E-state index in [1.165, 1.54) is 32.1 Å². The van der Waals surface area contributed by atoms with E-state index in [-0.39, 0.29) is 0 Å². The predicted molar refractivity (Wildman–Crippen MR) is 81.4 cm³/mol. The van der Waals surface area contributed by atoms with Gasteiger partial charge >= 0.3 is 0 Å². The summed E-state index contributed by atoms with van der Waals surface area (Å²) in [4.78, 5) is 0. The monoisotopic (exact) mass is 264 g/mol. The zero-order valence-corrected chi connectivity index (χ0v) is 12.8. The number of aryl methyl sites for hydroxylation is 1. The number of aromatic nitrogens is 2. The lowest BCUT2D eigenvalue weighted by atomic mass is 9.83. The van der Waals surface area contributed by atoms with Crippen molar-refractivity contribution < 1.29 is 0 Å². The zero-order chi connectivity index (χ0) is 14.0. The Morgan fingerprint density at radius 1 is 1.37 bits per heavy atom. The summed E-state index contributed by atoms with van der Waals surface area (Å²) in [5, 5.41) is 8.13. The maximum Gasteiger partial charge on any atom is 0.148 e. The normalized spacial score (nSPS) is 18.2. The second-order valence-electron chi connectivity index (χ2n) is 6.30. The maximum atomic E-state index is 6.16. The Morgan fingerprint density at radius 3 is 2.53 bits per heavy atom. The molecular weight excluding hydrogens is 236 g/mol. The number of anilines is 2. The zero-order valence-electron chi connectivity index (χ0n) is 12.8. The van der Waals surface area contributed by atoms with Gasteiger partial charge in [-0.15, -0.1) is 0 Å². The lowest BCUT2D eigenvalue weighted by Gasteiger charge is -2.28. The molecule has 1 saturated carbocycles. The molecule has 0 radical (unpaired) electrons. The summed E-state index contributed by atoms with van der Waals surface area (Å²) in [6.07, 6.45) is 6.66. The van der Waals surface area contributed by atoms with Gasteiger partial charge in [-0.1, -0.05) is 19.8 Å². The van der Waals surface area contributed by atoms with Gasteiger partial charge < -0.3 is 11.1 Å². The number of nitrogens with zero attached hydrogens (tertiary/aromatic N) is 2. The fraction of sp³-hybridized carbons (Fsp3) is 0.800. The molecule has 19 heavy (non-hydrogen) atoms. The highest BCUT2D eigenvalue weighted by atomic mass is 15.4. The van der Waals surface area contributed by atoms with Crippen molar-refractivity contribution in [2.45, 2.75) is 65.8 Å². The van der Waals surface area contributed by atoms with Crippen LogP contribution in [0.15, 0.2) is 0 Å². The Bertz CT molecular complexity index is 428. The Labute approximate surface area is 116 Å². The minimum absolute atomic E-state index is 0.333. The second kappa shape index (κ2) is 5.43. The molecule has 1 heterocycles. The van der Waals surface area contributed by atoms with E-state index in [4.69, 9.17) is 5.73 Å². The number of hydrogen-bond donors (Lipinski definition) is 2. The Hall–Kier alpha value is -1.19. The molecule has 1 aliphatic rings. The van der Waals surface area contributed by atoms with E-state index in [2.05, 4.69) is 31.2 Å². The molecular formula is C15H28N4. The fourth-order valence-electron chi connectivity index (χ4n) is 3.16. The van der Waals surface area contributed by atoms with Crippen LogP contribution in [0.25, 0.3) is 0 Å². The van der Waals surface area contributed by atoms with E-state index in [1.807, 2.05) is 11.6 Å². The van der Waals surface area contributed by atoms with Gasteiger partial charge in [-0.2, -0.15) is 5.10 Å². The molecule has 1 aliphatic carbocycles. The summed E-state index contributed by atoms with van der Waals surface area (Å²) in [6.45, 7) is 9.59. The van der Waals surface area contributed by atoms with Crippen molar-refractivity contribution in [3.8, 4) is 0 Å². The average Bonchev–Trinajstić information content (AvgIpc) is 2.95. The second-order valence-corrected chi connectivity index (χ2v) is 6.30. The van der Waals surface area contributed by atoms with Crippen LogP contribution in [0.1, 0.15) is 64.6 Å². The van der Waals surface area contributed by atoms with E-state index >= 15 is 0 Å². The van der Waals surface area contributed by atoms with Crippen LogP contribution in [0.5, 0.6) is 0 Å². The van der Waals surface area contributed by atoms with Crippen LogP contribution < -0.4 is 11.1 Å². The summed E-state index contributed by atoms with van der Waals surface area (Å²) in [5.74, 6) is 1.01. The topological polar surface area (TPSA) is 55.9 Å². The van der Waals surface area contributed by atoms with Crippen LogP contribution in [-0.2, 0) is 0 Å². The molecule has 2 rings (SSSR count). The van der Waals surface area contributed by atoms with Crippen LogP contribution in [0, 0.1) is 12.3 Å².